The fourth-order valence-corrected chi connectivity index (χ4v) is 2.93. The summed E-state index contributed by atoms with van der Waals surface area (Å²) in [5.41, 5.74) is 1.42. The molecule has 0 aliphatic carbocycles. The lowest BCUT2D eigenvalue weighted by Crippen LogP contribution is -2.38. The number of alkyl halides is 1. The molecule has 0 spiro atoms. The molecule has 18 heavy (non-hydrogen) atoms. The summed E-state index contributed by atoms with van der Waals surface area (Å²) in [5.74, 6) is 0.692. The number of carbonyl (C=O) groups excluding carboxylic acids is 1. The minimum absolute atomic E-state index is 0.0516. The van der Waals surface area contributed by atoms with Gasteiger partial charge in [-0.25, -0.2) is 0 Å². The van der Waals surface area contributed by atoms with Crippen molar-refractivity contribution in [1.29, 1.82) is 0 Å². The maximum absolute atomic E-state index is 12.3. The van der Waals surface area contributed by atoms with Crippen molar-refractivity contribution in [1.82, 2.24) is 4.90 Å². The van der Waals surface area contributed by atoms with Crippen LogP contribution in [-0.2, 0) is 0 Å². The molecule has 1 aromatic rings. The van der Waals surface area contributed by atoms with Crippen LogP contribution in [0, 0.1) is 12.8 Å². The molecule has 0 saturated carbocycles. The Morgan fingerprint density at radius 2 is 2.11 bits per heavy atom. The van der Waals surface area contributed by atoms with Gasteiger partial charge >= 0.3 is 0 Å². The first kappa shape index (κ1) is 13.4. The molecular weight excluding hydrogens is 294 g/mol. The molecule has 1 aliphatic heterocycles. The van der Waals surface area contributed by atoms with Crippen LogP contribution in [0.4, 0.5) is 0 Å². The lowest BCUT2D eigenvalue weighted by molar-refractivity contribution is 0.0696. The van der Waals surface area contributed by atoms with Crippen molar-refractivity contribution < 1.29 is 9.90 Å². The number of amides is 1. The zero-order valence-corrected chi connectivity index (χ0v) is 12.1. The summed E-state index contributed by atoms with van der Waals surface area (Å²) in [5, 5.41) is 10.8. The van der Waals surface area contributed by atoms with E-state index in [0.29, 0.717) is 11.5 Å². The van der Waals surface area contributed by atoms with Gasteiger partial charge in [-0.2, -0.15) is 0 Å². The van der Waals surface area contributed by atoms with Crippen LogP contribution in [0.5, 0.6) is 5.75 Å². The molecule has 1 N–H and O–H groups in total. The van der Waals surface area contributed by atoms with Crippen LogP contribution in [-0.4, -0.2) is 34.3 Å². The number of aromatic hydroxyl groups is 1. The van der Waals surface area contributed by atoms with E-state index in [-0.39, 0.29) is 11.7 Å². The summed E-state index contributed by atoms with van der Waals surface area (Å²) in [6, 6.07) is 5.16. The lowest BCUT2D eigenvalue weighted by Gasteiger charge is -2.31. The maximum Gasteiger partial charge on any atom is 0.257 e. The summed E-state index contributed by atoms with van der Waals surface area (Å²) in [7, 11) is 0. The normalized spacial score (nSPS) is 16.9. The van der Waals surface area contributed by atoms with Gasteiger partial charge in [0, 0.05) is 18.4 Å². The van der Waals surface area contributed by atoms with Gasteiger partial charge < -0.3 is 10.0 Å². The van der Waals surface area contributed by atoms with Crippen molar-refractivity contribution in [2.45, 2.75) is 19.8 Å². The Labute approximate surface area is 116 Å². The number of phenols is 1. The smallest absolute Gasteiger partial charge is 0.257 e. The molecule has 98 valence electrons. The van der Waals surface area contributed by atoms with Gasteiger partial charge in [-0.05, 0) is 37.8 Å². The van der Waals surface area contributed by atoms with Crippen LogP contribution in [0.2, 0.25) is 0 Å². The van der Waals surface area contributed by atoms with Gasteiger partial charge in [0.25, 0.3) is 5.91 Å². The Hall–Kier alpha value is -1.03. The van der Waals surface area contributed by atoms with Gasteiger partial charge in [-0.15, -0.1) is 0 Å². The van der Waals surface area contributed by atoms with Crippen LogP contribution in [0.15, 0.2) is 18.2 Å². The van der Waals surface area contributed by atoms with Crippen LogP contribution in [0.1, 0.15) is 28.8 Å². The third-order valence-electron chi connectivity index (χ3n) is 3.50. The molecule has 4 heteroatoms. The number of rotatable bonds is 2. The fourth-order valence-electron chi connectivity index (χ4n) is 2.28. The van der Waals surface area contributed by atoms with E-state index in [1.165, 1.54) is 0 Å². The summed E-state index contributed by atoms with van der Waals surface area (Å²) in [6.07, 6.45) is 2.06. The van der Waals surface area contributed by atoms with E-state index in [9.17, 15) is 9.90 Å². The second-order valence-electron chi connectivity index (χ2n) is 4.91. The number of hydrogen-bond acceptors (Lipinski definition) is 2. The Bertz CT molecular complexity index is 439. The van der Waals surface area contributed by atoms with Crippen molar-refractivity contribution in [2.24, 2.45) is 5.92 Å². The highest BCUT2D eigenvalue weighted by Gasteiger charge is 2.24. The minimum atomic E-state index is -0.0516. The van der Waals surface area contributed by atoms with Crippen LogP contribution in [0.3, 0.4) is 0 Å². The van der Waals surface area contributed by atoms with E-state index >= 15 is 0 Å². The Morgan fingerprint density at radius 3 is 2.72 bits per heavy atom. The standard InChI is InChI=1S/C14H18BrNO2/c1-10-2-3-13(17)12(8-10)14(18)16-6-4-11(9-15)5-7-16/h2-3,8,11,17H,4-7,9H2,1H3. The molecule has 1 saturated heterocycles. The Kier molecular flexibility index (Phi) is 4.27. The molecule has 1 aliphatic rings. The number of benzene rings is 1. The zero-order valence-electron chi connectivity index (χ0n) is 10.5. The number of carbonyl (C=O) groups is 1. The number of phenolic OH excluding ortho intramolecular Hbond substituents is 1. The van der Waals surface area contributed by atoms with Gasteiger partial charge in [0.2, 0.25) is 0 Å². The third-order valence-corrected chi connectivity index (χ3v) is 4.42. The molecular formula is C14H18BrNO2. The first-order valence-corrected chi connectivity index (χ1v) is 7.39. The maximum atomic E-state index is 12.3. The second-order valence-corrected chi connectivity index (χ2v) is 5.56. The van der Waals surface area contributed by atoms with Crippen molar-refractivity contribution in [2.75, 3.05) is 18.4 Å². The van der Waals surface area contributed by atoms with E-state index in [4.69, 9.17) is 0 Å². The van der Waals surface area contributed by atoms with E-state index < -0.39 is 0 Å². The van der Waals surface area contributed by atoms with Crippen molar-refractivity contribution in [3.05, 3.63) is 29.3 Å². The summed E-state index contributed by atoms with van der Waals surface area (Å²) < 4.78 is 0. The molecule has 1 heterocycles. The van der Waals surface area contributed by atoms with Crippen LogP contribution < -0.4 is 0 Å². The molecule has 0 bridgehead atoms. The second kappa shape index (κ2) is 5.74. The van der Waals surface area contributed by atoms with Gasteiger partial charge in [0.05, 0.1) is 5.56 Å². The van der Waals surface area contributed by atoms with Crippen LogP contribution >= 0.6 is 15.9 Å². The van der Waals surface area contributed by atoms with Crippen LogP contribution in [0.25, 0.3) is 0 Å². The molecule has 2 rings (SSSR count). The number of nitrogens with zero attached hydrogens (tertiary/aromatic N) is 1. The first-order chi connectivity index (χ1) is 8.61. The number of hydrogen-bond donors (Lipinski definition) is 1. The number of aryl methyl sites for hydroxylation is 1. The highest BCUT2D eigenvalue weighted by atomic mass is 79.9. The Morgan fingerprint density at radius 1 is 1.44 bits per heavy atom. The summed E-state index contributed by atoms with van der Waals surface area (Å²) in [4.78, 5) is 14.2. The molecule has 1 amide bonds. The van der Waals surface area contributed by atoms with E-state index in [2.05, 4.69) is 15.9 Å². The summed E-state index contributed by atoms with van der Waals surface area (Å²) >= 11 is 3.49. The van der Waals surface area contributed by atoms with E-state index in [1.807, 2.05) is 17.9 Å². The molecule has 3 nitrogen and oxygen atoms in total. The highest BCUT2D eigenvalue weighted by Crippen LogP contribution is 2.24. The van der Waals surface area contributed by atoms with Gasteiger partial charge in [-0.1, -0.05) is 27.6 Å². The molecule has 0 unspecified atom stereocenters. The van der Waals surface area contributed by atoms with Crippen molar-refractivity contribution in [3.63, 3.8) is 0 Å². The zero-order chi connectivity index (χ0) is 13.1. The SMILES string of the molecule is Cc1ccc(O)c(C(=O)N2CCC(CBr)CC2)c1. The fraction of sp³-hybridized carbons (Fsp3) is 0.500. The average Bonchev–Trinajstić information content (AvgIpc) is 2.41. The van der Waals surface area contributed by atoms with E-state index in [1.54, 1.807) is 12.1 Å². The number of likely N-dealkylation sites (tertiary alicyclic amines) is 1. The van der Waals surface area contributed by atoms with E-state index in [0.717, 1.165) is 36.8 Å². The number of piperidine rings is 1. The van der Waals surface area contributed by atoms with Gasteiger partial charge in [-0.3, -0.25) is 4.79 Å². The lowest BCUT2D eigenvalue weighted by atomic mass is 9.98. The molecule has 1 fully saturated rings. The quantitative estimate of drug-likeness (QED) is 0.853. The minimum Gasteiger partial charge on any atom is -0.507 e. The number of halogens is 1. The predicted octanol–water partition coefficient (Wildman–Crippen LogP) is 2.95. The summed E-state index contributed by atoms with van der Waals surface area (Å²) in [6.45, 7) is 3.48. The topological polar surface area (TPSA) is 40.5 Å². The largest absolute Gasteiger partial charge is 0.507 e. The first-order valence-electron chi connectivity index (χ1n) is 6.26. The molecule has 0 radical (unpaired) electrons. The van der Waals surface area contributed by atoms with Crippen molar-refractivity contribution >= 4 is 21.8 Å². The monoisotopic (exact) mass is 311 g/mol. The van der Waals surface area contributed by atoms with Gasteiger partial charge in [0.15, 0.2) is 0 Å². The predicted molar refractivity (Wildman–Crippen MR) is 75.3 cm³/mol. The average molecular weight is 312 g/mol. The molecule has 1 aromatic carbocycles. The molecule has 0 aromatic heterocycles. The third kappa shape index (κ3) is 2.86. The van der Waals surface area contributed by atoms with Crippen molar-refractivity contribution in [3.8, 4) is 5.75 Å². The molecule has 0 atom stereocenters. The van der Waals surface area contributed by atoms with Gasteiger partial charge in [0.1, 0.15) is 5.75 Å². The highest BCUT2D eigenvalue weighted by molar-refractivity contribution is 9.09. The Balaban J connectivity index is 2.10.